The van der Waals surface area contributed by atoms with E-state index in [0.717, 1.165) is 31.9 Å². The molecule has 0 saturated heterocycles. The summed E-state index contributed by atoms with van der Waals surface area (Å²) in [7, 11) is -3.10. The minimum atomic E-state index is -3.10. The van der Waals surface area contributed by atoms with E-state index < -0.39 is 21.8 Å². The summed E-state index contributed by atoms with van der Waals surface area (Å²) >= 11 is 0. The van der Waals surface area contributed by atoms with Crippen LogP contribution in [0.4, 0.5) is 0 Å². The Bertz CT molecular complexity index is 460. The normalized spacial score (nSPS) is 28.4. The maximum atomic E-state index is 12.0. The summed E-state index contributed by atoms with van der Waals surface area (Å²) in [6.45, 7) is 6.63. The van der Waals surface area contributed by atoms with E-state index in [4.69, 9.17) is 10.5 Å². The predicted molar refractivity (Wildman–Crippen MR) is 83.6 cm³/mol. The fourth-order valence-corrected chi connectivity index (χ4v) is 3.48. The van der Waals surface area contributed by atoms with Crippen molar-refractivity contribution < 1.29 is 17.9 Å². The zero-order valence-electron chi connectivity index (χ0n) is 13.6. The topological polar surface area (TPSA) is 86.5 Å². The Hall–Kier alpha value is -0.620. The van der Waals surface area contributed by atoms with Crippen LogP contribution in [0.1, 0.15) is 52.9 Å². The number of carbonyl (C=O) groups excluding carboxylic acids is 1. The molecule has 0 heterocycles. The van der Waals surface area contributed by atoms with Crippen molar-refractivity contribution in [1.82, 2.24) is 0 Å². The molecule has 0 aliphatic heterocycles. The highest BCUT2D eigenvalue weighted by molar-refractivity contribution is 7.90. The molecule has 0 spiro atoms. The van der Waals surface area contributed by atoms with Gasteiger partial charge in [-0.2, -0.15) is 0 Å². The quantitative estimate of drug-likeness (QED) is 0.756. The summed E-state index contributed by atoms with van der Waals surface area (Å²) in [5, 5.41) is 0. The van der Waals surface area contributed by atoms with E-state index in [1.807, 2.05) is 0 Å². The lowest BCUT2D eigenvalue weighted by Gasteiger charge is -2.41. The Morgan fingerprint density at radius 1 is 1.43 bits per heavy atom. The van der Waals surface area contributed by atoms with Gasteiger partial charge in [0.2, 0.25) is 0 Å². The van der Waals surface area contributed by atoms with E-state index in [1.165, 1.54) is 0 Å². The van der Waals surface area contributed by atoms with Gasteiger partial charge in [0.05, 0.1) is 5.75 Å². The standard InChI is InChI=1S/C15H29NO4S/c1-11(2)15(3)8-5-6-12(10-15)20-14(17)13(16)7-9-21(4,18)19/h11-13H,5-10,16H2,1-4H3/t12?,13-,15?/m0/s1. The summed E-state index contributed by atoms with van der Waals surface area (Å²) in [4.78, 5) is 12.0. The zero-order valence-corrected chi connectivity index (χ0v) is 14.4. The van der Waals surface area contributed by atoms with Gasteiger partial charge in [0, 0.05) is 6.26 Å². The molecule has 124 valence electrons. The molecular formula is C15H29NO4S. The molecule has 1 fully saturated rings. The molecule has 2 unspecified atom stereocenters. The van der Waals surface area contributed by atoms with Gasteiger partial charge in [-0.05, 0) is 43.4 Å². The molecule has 0 amide bonds. The summed E-state index contributed by atoms with van der Waals surface area (Å²) in [5.41, 5.74) is 5.92. The van der Waals surface area contributed by atoms with Crippen LogP contribution in [0.2, 0.25) is 0 Å². The molecule has 1 aliphatic rings. The fraction of sp³-hybridized carbons (Fsp3) is 0.933. The molecule has 1 saturated carbocycles. The number of ether oxygens (including phenoxy) is 1. The number of rotatable bonds is 6. The Morgan fingerprint density at radius 2 is 2.05 bits per heavy atom. The molecule has 6 heteroatoms. The largest absolute Gasteiger partial charge is 0.461 e. The molecule has 2 N–H and O–H groups in total. The Morgan fingerprint density at radius 3 is 2.57 bits per heavy atom. The third-order valence-electron chi connectivity index (χ3n) is 4.75. The first-order valence-corrected chi connectivity index (χ1v) is 9.73. The van der Waals surface area contributed by atoms with Crippen LogP contribution in [-0.2, 0) is 19.4 Å². The van der Waals surface area contributed by atoms with Gasteiger partial charge in [-0.25, -0.2) is 8.42 Å². The van der Waals surface area contributed by atoms with Crippen LogP contribution >= 0.6 is 0 Å². The van der Waals surface area contributed by atoms with Crippen LogP contribution in [0.25, 0.3) is 0 Å². The SMILES string of the molecule is CC(C)C1(C)CCCC(OC(=O)[C@@H](N)CCS(C)(=O)=O)C1. The zero-order chi connectivity index (χ0) is 16.3. The maximum Gasteiger partial charge on any atom is 0.323 e. The molecular weight excluding hydrogens is 290 g/mol. The van der Waals surface area contributed by atoms with Crippen LogP contribution < -0.4 is 5.73 Å². The molecule has 0 aromatic carbocycles. The smallest absolute Gasteiger partial charge is 0.323 e. The highest BCUT2D eigenvalue weighted by Crippen LogP contribution is 2.42. The molecule has 1 aliphatic carbocycles. The lowest BCUT2D eigenvalue weighted by atomic mass is 9.67. The molecule has 3 atom stereocenters. The second kappa shape index (κ2) is 7.09. The second-order valence-corrected chi connectivity index (χ2v) is 9.25. The first kappa shape index (κ1) is 18.4. The average molecular weight is 319 g/mol. The van der Waals surface area contributed by atoms with Crippen molar-refractivity contribution in [2.24, 2.45) is 17.1 Å². The molecule has 1 rings (SSSR count). The average Bonchev–Trinajstić information content (AvgIpc) is 2.34. The van der Waals surface area contributed by atoms with Crippen molar-refractivity contribution >= 4 is 15.8 Å². The first-order valence-electron chi connectivity index (χ1n) is 7.67. The molecule has 0 aromatic rings. The summed E-state index contributed by atoms with van der Waals surface area (Å²) in [6, 6.07) is -0.855. The van der Waals surface area contributed by atoms with Crippen molar-refractivity contribution in [1.29, 1.82) is 0 Å². The summed E-state index contributed by atoms with van der Waals surface area (Å²) < 4.78 is 27.7. The molecule has 0 aromatic heterocycles. The van der Waals surface area contributed by atoms with Crippen LogP contribution in [0.15, 0.2) is 0 Å². The van der Waals surface area contributed by atoms with E-state index >= 15 is 0 Å². The van der Waals surface area contributed by atoms with E-state index in [1.54, 1.807) is 0 Å². The van der Waals surface area contributed by atoms with Gasteiger partial charge < -0.3 is 10.5 Å². The monoisotopic (exact) mass is 319 g/mol. The minimum Gasteiger partial charge on any atom is -0.461 e. The summed E-state index contributed by atoms with van der Waals surface area (Å²) in [6.07, 6.45) is 5.08. The number of sulfone groups is 1. The highest BCUT2D eigenvalue weighted by atomic mass is 32.2. The number of hydrogen-bond acceptors (Lipinski definition) is 5. The first-order chi connectivity index (χ1) is 9.53. The van der Waals surface area contributed by atoms with Gasteiger partial charge in [0.15, 0.2) is 0 Å². The van der Waals surface area contributed by atoms with E-state index in [2.05, 4.69) is 20.8 Å². The fourth-order valence-electron chi connectivity index (χ4n) is 2.79. The van der Waals surface area contributed by atoms with Crippen molar-refractivity contribution in [2.45, 2.75) is 65.0 Å². The summed E-state index contributed by atoms with van der Waals surface area (Å²) in [5.74, 6) is -0.0213. The van der Waals surface area contributed by atoms with Gasteiger partial charge in [0.1, 0.15) is 22.0 Å². The van der Waals surface area contributed by atoms with Gasteiger partial charge in [-0.15, -0.1) is 0 Å². The van der Waals surface area contributed by atoms with Crippen molar-refractivity contribution in [3.05, 3.63) is 0 Å². The maximum absolute atomic E-state index is 12.0. The Kier molecular flexibility index (Phi) is 6.23. The van der Waals surface area contributed by atoms with Crippen LogP contribution in [0.5, 0.6) is 0 Å². The van der Waals surface area contributed by atoms with Gasteiger partial charge >= 0.3 is 5.97 Å². The predicted octanol–water partition coefficient (Wildman–Crippen LogP) is 1.90. The van der Waals surface area contributed by atoms with E-state index in [9.17, 15) is 13.2 Å². The van der Waals surface area contributed by atoms with Crippen LogP contribution in [0.3, 0.4) is 0 Å². The van der Waals surface area contributed by atoms with Crippen molar-refractivity contribution in [3.63, 3.8) is 0 Å². The van der Waals surface area contributed by atoms with E-state index in [0.29, 0.717) is 5.92 Å². The number of nitrogens with two attached hydrogens (primary N) is 1. The van der Waals surface area contributed by atoms with E-state index in [-0.39, 0.29) is 23.7 Å². The number of hydrogen-bond donors (Lipinski definition) is 1. The van der Waals surface area contributed by atoms with Crippen molar-refractivity contribution in [3.8, 4) is 0 Å². The van der Waals surface area contributed by atoms with Gasteiger partial charge in [-0.1, -0.05) is 20.8 Å². The minimum absolute atomic E-state index is 0.0857. The highest BCUT2D eigenvalue weighted by Gasteiger charge is 2.36. The van der Waals surface area contributed by atoms with Gasteiger partial charge in [0.25, 0.3) is 0 Å². The molecule has 0 bridgehead atoms. The van der Waals surface area contributed by atoms with Crippen LogP contribution in [-0.4, -0.2) is 38.5 Å². The Labute approximate surface area is 128 Å². The second-order valence-electron chi connectivity index (χ2n) is 6.99. The Balaban J connectivity index is 2.50. The molecule has 21 heavy (non-hydrogen) atoms. The lowest BCUT2D eigenvalue weighted by Crippen LogP contribution is -2.40. The lowest BCUT2D eigenvalue weighted by molar-refractivity contribution is -0.154. The third kappa shape index (κ3) is 5.94. The van der Waals surface area contributed by atoms with Crippen LogP contribution in [0, 0.1) is 11.3 Å². The third-order valence-corrected chi connectivity index (χ3v) is 5.72. The number of esters is 1. The van der Waals surface area contributed by atoms with Gasteiger partial charge in [-0.3, -0.25) is 4.79 Å². The number of carbonyl (C=O) groups is 1. The van der Waals surface area contributed by atoms with Crippen molar-refractivity contribution in [2.75, 3.05) is 12.0 Å². The molecule has 0 radical (unpaired) electrons. The molecule has 5 nitrogen and oxygen atoms in total.